The first-order valence-corrected chi connectivity index (χ1v) is 8.78. The molecule has 2 N–H and O–H groups in total. The lowest BCUT2D eigenvalue weighted by Crippen LogP contribution is -2.15. The zero-order chi connectivity index (χ0) is 18.7. The number of amides is 2. The van der Waals surface area contributed by atoms with Gasteiger partial charge in [0.15, 0.2) is 5.13 Å². The molecule has 0 aliphatic carbocycles. The maximum atomic E-state index is 14.0. The molecule has 2 aromatic carbocycles. The summed E-state index contributed by atoms with van der Waals surface area (Å²) in [6.45, 7) is 1.33. The molecule has 2 amide bonds. The highest BCUT2D eigenvalue weighted by atomic mass is 35.5. The fraction of sp³-hybridized carbons (Fsp3) is 0.0556. The van der Waals surface area contributed by atoms with Gasteiger partial charge < -0.3 is 5.32 Å². The lowest BCUT2D eigenvalue weighted by atomic mass is 10.1. The maximum absolute atomic E-state index is 14.0. The summed E-state index contributed by atoms with van der Waals surface area (Å²) in [5.74, 6) is -1.65. The van der Waals surface area contributed by atoms with Crippen LogP contribution in [0.1, 0.15) is 17.3 Å². The van der Waals surface area contributed by atoms with Crippen LogP contribution in [0.2, 0.25) is 5.02 Å². The fourth-order valence-electron chi connectivity index (χ4n) is 2.23. The van der Waals surface area contributed by atoms with Gasteiger partial charge in [0, 0.05) is 28.6 Å². The van der Waals surface area contributed by atoms with Crippen LogP contribution in [0.5, 0.6) is 0 Å². The molecule has 3 aromatic rings. The number of benzene rings is 2. The van der Waals surface area contributed by atoms with Gasteiger partial charge in [0.1, 0.15) is 5.82 Å². The number of anilines is 2. The van der Waals surface area contributed by atoms with E-state index in [0.717, 1.165) is 11.6 Å². The molecule has 0 bridgehead atoms. The normalized spacial score (nSPS) is 10.4. The Hall–Kier alpha value is -2.77. The Balaban J connectivity index is 1.78. The van der Waals surface area contributed by atoms with Crippen LogP contribution in [0.4, 0.5) is 15.2 Å². The molecule has 3 rings (SSSR count). The molecule has 26 heavy (non-hydrogen) atoms. The second-order valence-corrected chi connectivity index (χ2v) is 6.67. The average Bonchev–Trinajstić information content (AvgIpc) is 3.05. The molecule has 1 aromatic heterocycles. The van der Waals surface area contributed by atoms with Gasteiger partial charge in [-0.3, -0.25) is 14.9 Å². The van der Waals surface area contributed by atoms with Crippen molar-refractivity contribution in [3.8, 4) is 11.3 Å². The monoisotopic (exact) mass is 389 g/mol. The Morgan fingerprint density at radius 2 is 1.85 bits per heavy atom. The summed E-state index contributed by atoms with van der Waals surface area (Å²) in [4.78, 5) is 27.8. The summed E-state index contributed by atoms with van der Waals surface area (Å²) in [6, 6.07) is 10.9. The van der Waals surface area contributed by atoms with Gasteiger partial charge in [0.25, 0.3) is 5.91 Å². The van der Waals surface area contributed by atoms with E-state index in [9.17, 15) is 14.0 Å². The predicted octanol–water partition coefficient (Wildman–Crippen LogP) is 4.81. The van der Waals surface area contributed by atoms with Crippen molar-refractivity contribution in [2.45, 2.75) is 6.92 Å². The van der Waals surface area contributed by atoms with E-state index in [1.165, 1.54) is 30.4 Å². The Morgan fingerprint density at radius 3 is 2.54 bits per heavy atom. The molecule has 132 valence electrons. The summed E-state index contributed by atoms with van der Waals surface area (Å²) in [5.41, 5.74) is 1.68. The number of carbonyl (C=O) groups excluding carboxylic acids is 2. The minimum absolute atomic E-state index is 0.181. The molecule has 8 heteroatoms. The Labute approximate surface area is 157 Å². The standard InChI is InChI=1S/C18H13ClFN3O2S/c1-10(24)21-13-6-7-15(20)14(8-13)17(25)23-18-22-16(9-26-18)11-2-4-12(19)5-3-11/h2-9H,1H3,(H,21,24)(H,22,23,25). The van der Waals surface area contributed by atoms with Crippen molar-refractivity contribution in [1.82, 2.24) is 4.98 Å². The highest BCUT2D eigenvalue weighted by molar-refractivity contribution is 7.14. The number of thiazole rings is 1. The molecule has 0 saturated carbocycles. The Morgan fingerprint density at radius 1 is 1.12 bits per heavy atom. The smallest absolute Gasteiger partial charge is 0.260 e. The number of hydrogen-bond donors (Lipinski definition) is 2. The molecule has 0 fully saturated rings. The van der Waals surface area contributed by atoms with Crippen LogP contribution in [-0.4, -0.2) is 16.8 Å². The van der Waals surface area contributed by atoms with E-state index < -0.39 is 11.7 Å². The van der Waals surface area contributed by atoms with Crippen LogP contribution < -0.4 is 10.6 Å². The molecule has 0 saturated heterocycles. The van der Waals surface area contributed by atoms with Crippen LogP contribution in [0.3, 0.4) is 0 Å². The summed E-state index contributed by atoms with van der Waals surface area (Å²) >= 11 is 7.09. The largest absolute Gasteiger partial charge is 0.326 e. The van der Waals surface area contributed by atoms with E-state index in [2.05, 4.69) is 15.6 Å². The van der Waals surface area contributed by atoms with Gasteiger partial charge in [-0.1, -0.05) is 23.7 Å². The van der Waals surface area contributed by atoms with Crippen molar-refractivity contribution in [2.75, 3.05) is 10.6 Å². The van der Waals surface area contributed by atoms with Gasteiger partial charge in [-0.2, -0.15) is 0 Å². The summed E-state index contributed by atoms with van der Waals surface area (Å²) in [6.07, 6.45) is 0. The molecule has 0 spiro atoms. The molecular weight excluding hydrogens is 377 g/mol. The molecule has 1 heterocycles. The number of halogens is 2. The SMILES string of the molecule is CC(=O)Nc1ccc(F)c(C(=O)Nc2nc(-c3ccc(Cl)cc3)cs2)c1. The zero-order valence-corrected chi connectivity index (χ0v) is 15.1. The molecule has 0 radical (unpaired) electrons. The Bertz CT molecular complexity index is 973. The van der Waals surface area contributed by atoms with Crippen LogP contribution in [0.25, 0.3) is 11.3 Å². The lowest BCUT2D eigenvalue weighted by Gasteiger charge is -2.07. The maximum Gasteiger partial charge on any atom is 0.260 e. The second kappa shape index (κ2) is 7.63. The number of hydrogen-bond acceptors (Lipinski definition) is 4. The second-order valence-electron chi connectivity index (χ2n) is 5.37. The van der Waals surface area contributed by atoms with E-state index in [4.69, 9.17) is 11.6 Å². The highest BCUT2D eigenvalue weighted by Crippen LogP contribution is 2.26. The number of aromatic nitrogens is 1. The highest BCUT2D eigenvalue weighted by Gasteiger charge is 2.15. The van der Waals surface area contributed by atoms with Crippen molar-refractivity contribution in [3.05, 3.63) is 64.2 Å². The number of rotatable bonds is 4. The van der Waals surface area contributed by atoms with Crippen molar-refractivity contribution in [3.63, 3.8) is 0 Å². The molecular formula is C18H13ClFN3O2S. The number of nitrogens with one attached hydrogen (secondary N) is 2. The zero-order valence-electron chi connectivity index (χ0n) is 13.5. The van der Waals surface area contributed by atoms with Crippen LogP contribution in [0, 0.1) is 5.82 Å². The van der Waals surface area contributed by atoms with Gasteiger partial charge in [-0.15, -0.1) is 11.3 Å². The topological polar surface area (TPSA) is 71.1 Å². The van der Waals surface area contributed by atoms with Gasteiger partial charge in [0.05, 0.1) is 11.3 Å². The van der Waals surface area contributed by atoms with Crippen molar-refractivity contribution < 1.29 is 14.0 Å². The fourth-order valence-corrected chi connectivity index (χ4v) is 3.07. The first-order chi connectivity index (χ1) is 12.4. The average molecular weight is 390 g/mol. The number of carbonyl (C=O) groups is 2. The summed E-state index contributed by atoms with van der Waals surface area (Å²) in [5, 5.41) is 7.82. The van der Waals surface area contributed by atoms with E-state index >= 15 is 0 Å². The molecule has 5 nitrogen and oxygen atoms in total. The van der Waals surface area contributed by atoms with Crippen molar-refractivity contribution in [1.29, 1.82) is 0 Å². The summed E-state index contributed by atoms with van der Waals surface area (Å²) in [7, 11) is 0. The molecule has 0 unspecified atom stereocenters. The van der Waals surface area contributed by atoms with E-state index in [1.807, 2.05) is 12.1 Å². The quantitative estimate of drug-likeness (QED) is 0.672. The number of nitrogens with zero attached hydrogens (tertiary/aromatic N) is 1. The van der Waals surface area contributed by atoms with Crippen molar-refractivity contribution in [2.24, 2.45) is 0 Å². The Kier molecular flexibility index (Phi) is 5.29. The first-order valence-electron chi connectivity index (χ1n) is 7.52. The van der Waals surface area contributed by atoms with Crippen molar-refractivity contribution >= 4 is 45.6 Å². The van der Waals surface area contributed by atoms with E-state index in [1.54, 1.807) is 17.5 Å². The van der Waals surface area contributed by atoms with Crippen LogP contribution in [-0.2, 0) is 4.79 Å². The van der Waals surface area contributed by atoms with Gasteiger partial charge in [-0.25, -0.2) is 9.37 Å². The predicted molar refractivity (Wildman–Crippen MR) is 101 cm³/mol. The third-order valence-corrected chi connectivity index (χ3v) is 4.41. The minimum Gasteiger partial charge on any atom is -0.326 e. The van der Waals surface area contributed by atoms with Gasteiger partial charge in [0.2, 0.25) is 5.91 Å². The molecule has 0 atom stereocenters. The first kappa shape index (κ1) is 18.0. The van der Waals surface area contributed by atoms with Gasteiger partial charge >= 0.3 is 0 Å². The van der Waals surface area contributed by atoms with Gasteiger partial charge in [-0.05, 0) is 30.3 Å². The van der Waals surface area contributed by atoms with Crippen LogP contribution >= 0.6 is 22.9 Å². The van der Waals surface area contributed by atoms with E-state index in [-0.39, 0.29) is 11.5 Å². The summed E-state index contributed by atoms with van der Waals surface area (Å²) < 4.78 is 14.0. The van der Waals surface area contributed by atoms with Crippen LogP contribution in [0.15, 0.2) is 47.8 Å². The minimum atomic E-state index is -0.689. The third-order valence-electron chi connectivity index (χ3n) is 3.40. The molecule has 0 aliphatic heterocycles. The lowest BCUT2D eigenvalue weighted by molar-refractivity contribution is -0.114. The third kappa shape index (κ3) is 4.25. The molecule has 0 aliphatic rings. The van der Waals surface area contributed by atoms with E-state index in [0.29, 0.717) is 21.5 Å².